The Morgan fingerprint density at radius 2 is 1.72 bits per heavy atom. The molecule has 2 aliphatic rings. The summed E-state index contributed by atoms with van der Waals surface area (Å²) in [6.07, 6.45) is 1.04. The molecule has 13 heteroatoms. The van der Waals surface area contributed by atoms with E-state index in [0.717, 1.165) is 5.56 Å². The minimum atomic E-state index is -1.40. The van der Waals surface area contributed by atoms with E-state index in [1.165, 1.54) is 6.92 Å². The summed E-state index contributed by atoms with van der Waals surface area (Å²) < 4.78 is 15.9. The van der Waals surface area contributed by atoms with Crippen LogP contribution in [0.3, 0.4) is 0 Å². The van der Waals surface area contributed by atoms with Gasteiger partial charge in [-0.1, -0.05) is 50.3 Å². The molecule has 2 fully saturated rings. The van der Waals surface area contributed by atoms with Crippen molar-refractivity contribution in [2.45, 2.75) is 98.1 Å². The van der Waals surface area contributed by atoms with Gasteiger partial charge in [0.05, 0.1) is 12.0 Å². The van der Waals surface area contributed by atoms with Gasteiger partial charge in [-0.25, -0.2) is 9.59 Å². The zero-order valence-corrected chi connectivity index (χ0v) is 28.1. The number of hydrogen-bond acceptors (Lipinski definition) is 9. The van der Waals surface area contributed by atoms with Crippen molar-refractivity contribution in [3.8, 4) is 0 Å². The van der Waals surface area contributed by atoms with Crippen LogP contribution >= 0.6 is 0 Å². The summed E-state index contributed by atoms with van der Waals surface area (Å²) in [5, 5.41) is 10.9. The summed E-state index contributed by atoms with van der Waals surface area (Å²) in [6, 6.07) is 5.82. The molecule has 2 aliphatic heterocycles. The molecular weight excluding hydrogens is 608 g/mol. The molecule has 0 spiro atoms. The molecule has 1 unspecified atom stereocenters. The third-order valence-electron chi connectivity index (χ3n) is 7.78. The van der Waals surface area contributed by atoms with Crippen LogP contribution < -0.4 is 21.3 Å². The molecule has 258 valence electrons. The van der Waals surface area contributed by atoms with Crippen LogP contribution in [0.1, 0.15) is 72.8 Å². The van der Waals surface area contributed by atoms with Crippen LogP contribution in [-0.4, -0.2) is 73.1 Å². The Kier molecular flexibility index (Phi) is 13.3. The molecule has 1 aromatic carbocycles. The summed E-state index contributed by atoms with van der Waals surface area (Å²) in [6.45, 7) is 10.9. The van der Waals surface area contributed by atoms with Gasteiger partial charge in [0.2, 0.25) is 17.7 Å². The first-order chi connectivity index (χ1) is 22.1. The van der Waals surface area contributed by atoms with Gasteiger partial charge in [-0.2, -0.15) is 0 Å². The fraction of sp³-hybridized carbons (Fsp3) is 0.588. The molecular formula is C34H48N4O9. The van der Waals surface area contributed by atoms with E-state index in [2.05, 4.69) is 21.3 Å². The van der Waals surface area contributed by atoms with Crippen molar-refractivity contribution in [1.82, 2.24) is 21.3 Å². The van der Waals surface area contributed by atoms with Crippen molar-refractivity contribution in [3.63, 3.8) is 0 Å². The molecule has 2 saturated heterocycles. The summed E-state index contributed by atoms with van der Waals surface area (Å²) in [5.74, 6) is -2.89. The molecule has 0 saturated carbocycles. The van der Waals surface area contributed by atoms with E-state index in [9.17, 15) is 28.8 Å². The Morgan fingerprint density at radius 1 is 1.02 bits per heavy atom. The number of esters is 2. The quantitative estimate of drug-likeness (QED) is 0.133. The Balaban J connectivity index is 1.80. The lowest BCUT2D eigenvalue weighted by atomic mass is 9.95. The fourth-order valence-electron chi connectivity index (χ4n) is 5.14. The Hall–Kier alpha value is -4.42. The number of hydrogen-bond donors (Lipinski definition) is 4. The van der Waals surface area contributed by atoms with Gasteiger partial charge in [-0.3, -0.25) is 19.2 Å². The molecule has 4 N–H and O–H groups in total. The number of carbonyl (C=O) groups is 6. The number of nitrogens with one attached hydrogen (secondary N) is 4. The number of ether oxygens (including phenoxy) is 3. The molecule has 4 amide bonds. The molecule has 3 rings (SSSR count). The second-order valence-electron chi connectivity index (χ2n) is 13.4. The fourth-order valence-corrected chi connectivity index (χ4v) is 5.14. The molecule has 0 radical (unpaired) electrons. The molecule has 2 heterocycles. The molecule has 0 aliphatic carbocycles. The first-order valence-electron chi connectivity index (χ1n) is 16.1. The molecule has 47 heavy (non-hydrogen) atoms. The van der Waals surface area contributed by atoms with Crippen molar-refractivity contribution < 1.29 is 43.0 Å². The number of carbonyl (C=O) groups excluding carboxylic acids is 6. The monoisotopic (exact) mass is 656 g/mol. The van der Waals surface area contributed by atoms with E-state index < -0.39 is 59.5 Å². The Labute approximate surface area is 275 Å². The molecule has 1 aromatic rings. The second-order valence-corrected chi connectivity index (χ2v) is 13.4. The highest BCUT2D eigenvalue weighted by molar-refractivity contribution is 5.93. The van der Waals surface area contributed by atoms with E-state index >= 15 is 0 Å². The SMILES string of the molecule is CC(C)C[C@H](NC(=O)[C@@H](NC(=O)OCc1ccccc1)C(C)OC(=O)C(C)(C)C)C(=O)N[C@H](/C=C1\CCOC1=O)C[C@@H]1CCNC1=O. The predicted octanol–water partition coefficient (Wildman–Crippen LogP) is 2.67. The van der Waals surface area contributed by atoms with Crippen molar-refractivity contribution in [3.05, 3.63) is 47.5 Å². The average Bonchev–Trinajstić information content (AvgIpc) is 3.60. The maximum absolute atomic E-state index is 13.8. The lowest BCUT2D eigenvalue weighted by Gasteiger charge is -2.29. The Bertz CT molecular complexity index is 1320. The minimum absolute atomic E-state index is 0.0355. The highest BCUT2D eigenvalue weighted by atomic mass is 16.6. The summed E-state index contributed by atoms with van der Waals surface area (Å²) in [4.78, 5) is 77.6. The summed E-state index contributed by atoms with van der Waals surface area (Å²) in [7, 11) is 0. The third-order valence-corrected chi connectivity index (χ3v) is 7.78. The van der Waals surface area contributed by atoms with Gasteiger partial charge in [-0.05, 0) is 58.4 Å². The van der Waals surface area contributed by atoms with E-state index in [0.29, 0.717) is 25.0 Å². The molecule has 0 bridgehead atoms. The smallest absolute Gasteiger partial charge is 0.408 e. The third kappa shape index (κ3) is 11.7. The van der Waals surface area contributed by atoms with Crippen molar-refractivity contribution in [2.24, 2.45) is 17.3 Å². The molecule has 0 aromatic heterocycles. The van der Waals surface area contributed by atoms with Gasteiger partial charge in [0.25, 0.3) is 0 Å². The highest BCUT2D eigenvalue weighted by Crippen LogP contribution is 2.21. The van der Waals surface area contributed by atoms with E-state index in [1.54, 1.807) is 51.1 Å². The van der Waals surface area contributed by atoms with Gasteiger partial charge in [0.1, 0.15) is 24.8 Å². The second kappa shape index (κ2) is 16.9. The average molecular weight is 657 g/mol. The number of benzene rings is 1. The van der Waals surface area contributed by atoms with Crippen LogP contribution in [0.2, 0.25) is 0 Å². The summed E-state index contributed by atoms with van der Waals surface area (Å²) >= 11 is 0. The normalized spacial score (nSPS) is 19.6. The van der Waals surface area contributed by atoms with Gasteiger partial charge >= 0.3 is 18.0 Å². The number of amides is 4. The zero-order chi connectivity index (χ0) is 34.7. The standard InChI is InChI=1S/C34H48N4O9/c1-20(2)16-26(29(40)36-25(17-23-12-14-35-28(23)39)18-24-13-15-45-31(24)42)37-30(41)27(21(3)47-32(43)34(4,5)6)38-33(44)46-19-22-10-8-7-9-11-22/h7-11,18,20-21,23,25-27H,12-17,19H2,1-6H3,(H,35,39)(H,36,40)(H,37,41)(H,38,44)/b24-18+/t21?,23-,25-,26-,27-/m0/s1. The maximum atomic E-state index is 13.8. The predicted molar refractivity (Wildman–Crippen MR) is 171 cm³/mol. The number of rotatable bonds is 14. The molecule has 5 atom stereocenters. The first kappa shape index (κ1) is 37.0. The van der Waals surface area contributed by atoms with Crippen LogP contribution in [0.4, 0.5) is 4.79 Å². The largest absolute Gasteiger partial charge is 0.462 e. The van der Waals surface area contributed by atoms with Gasteiger partial charge in [-0.15, -0.1) is 0 Å². The van der Waals surface area contributed by atoms with Crippen molar-refractivity contribution in [1.29, 1.82) is 0 Å². The van der Waals surface area contributed by atoms with Gasteiger partial charge in [0, 0.05) is 30.5 Å². The van der Waals surface area contributed by atoms with Crippen LogP contribution in [0.15, 0.2) is 42.0 Å². The van der Waals surface area contributed by atoms with E-state index in [4.69, 9.17) is 14.2 Å². The topological polar surface area (TPSA) is 178 Å². The van der Waals surface area contributed by atoms with Crippen molar-refractivity contribution >= 4 is 35.8 Å². The van der Waals surface area contributed by atoms with Crippen LogP contribution in [-0.2, 0) is 44.8 Å². The maximum Gasteiger partial charge on any atom is 0.408 e. The highest BCUT2D eigenvalue weighted by Gasteiger charge is 2.36. The number of alkyl carbamates (subject to hydrolysis) is 1. The van der Waals surface area contributed by atoms with E-state index in [-0.39, 0.29) is 43.8 Å². The minimum Gasteiger partial charge on any atom is -0.462 e. The number of cyclic esters (lactones) is 1. The summed E-state index contributed by atoms with van der Waals surface area (Å²) in [5.41, 5.74) is 0.259. The van der Waals surface area contributed by atoms with Crippen LogP contribution in [0.25, 0.3) is 0 Å². The van der Waals surface area contributed by atoms with Crippen LogP contribution in [0.5, 0.6) is 0 Å². The zero-order valence-electron chi connectivity index (χ0n) is 28.1. The van der Waals surface area contributed by atoms with Gasteiger partial charge < -0.3 is 35.5 Å². The van der Waals surface area contributed by atoms with Gasteiger partial charge in [0.15, 0.2) is 0 Å². The lowest BCUT2D eigenvalue weighted by Crippen LogP contribution is -2.58. The molecule has 13 nitrogen and oxygen atoms in total. The lowest BCUT2D eigenvalue weighted by molar-refractivity contribution is -0.160. The Morgan fingerprint density at radius 3 is 2.30 bits per heavy atom. The van der Waals surface area contributed by atoms with Crippen molar-refractivity contribution in [2.75, 3.05) is 13.2 Å². The first-order valence-corrected chi connectivity index (χ1v) is 16.1. The van der Waals surface area contributed by atoms with E-state index in [1.807, 2.05) is 19.9 Å². The van der Waals surface area contributed by atoms with Crippen LogP contribution in [0, 0.1) is 17.3 Å².